The fourth-order valence-corrected chi connectivity index (χ4v) is 3.32. The quantitative estimate of drug-likeness (QED) is 0.447. The van der Waals surface area contributed by atoms with E-state index >= 15 is 0 Å². The van der Waals surface area contributed by atoms with Crippen LogP contribution in [0.1, 0.15) is 34.6 Å². The number of hydrogen-bond acceptors (Lipinski definition) is 11. The highest BCUT2D eigenvalue weighted by Gasteiger charge is 2.52. The van der Waals surface area contributed by atoms with Crippen molar-refractivity contribution in [3.8, 4) is 0 Å². The van der Waals surface area contributed by atoms with Crippen LogP contribution < -0.4 is 0 Å². The molecule has 0 bridgehead atoms. The molecule has 0 spiro atoms. The zero-order valence-electron chi connectivity index (χ0n) is 15.6. The van der Waals surface area contributed by atoms with Gasteiger partial charge in [-0.05, 0) is 0 Å². The molecule has 1 aliphatic rings. The molecule has 11 heteroatoms. The van der Waals surface area contributed by atoms with Crippen LogP contribution in [0, 0.1) is 0 Å². The molecule has 0 N–H and O–H groups in total. The SMILES string of the molecule is CC(=O)OC[C@H]1O[C@H](SC(C)=O)[C@@H](OC(C)=O)[C@H](OC(C)=O)[C@@H]1OC(C)=O. The molecule has 1 rings (SSSR count). The van der Waals surface area contributed by atoms with Crippen LogP contribution in [0.3, 0.4) is 0 Å². The lowest BCUT2D eigenvalue weighted by Crippen LogP contribution is -2.61. The average molecular weight is 406 g/mol. The molecule has 0 saturated carbocycles. The van der Waals surface area contributed by atoms with Crippen molar-refractivity contribution in [2.75, 3.05) is 6.61 Å². The molecule has 5 atom stereocenters. The number of thioether (sulfide) groups is 1. The third-order valence-electron chi connectivity index (χ3n) is 3.23. The molecular formula is C16H22O10S. The van der Waals surface area contributed by atoms with Crippen molar-refractivity contribution in [1.29, 1.82) is 0 Å². The Morgan fingerprint density at radius 2 is 1.22 bits per heavy atom. The maximum Gasteiger partial charge on any atom is 0.303 e. The number of carbonyl (C=O) groups is 5. The number of esters is 4. The van der Waals surface area contributed by atoms with E-state index in [2.05, 4.69) is 0 Å². The highest BCUT2D eigenvalue weighted by molar-refractivity contribution is 8.14. The van der Waals surface area contributed by atoms with E-state index in [1.165, 1.54) is 13.8 Å². The second-order valence-electron chi connectivity index (χ2n) is 5.68. The summed E-state index contributed by atoms with van der Waals surface area (Å²) < 4.78 is 26.2. The van der Waals surface area contributed by atoms with Gasteiger partial charge >= 0.3 is 23.9 Å². The normalized spacial score (nSPS) is 27.2. The summed E-state index contributed by atoms with van der Waals surface area (Å²) >= 11 is 0.705. The van der Waals surface area contributed by atoms with Gasteiger partial charge in [-0.3, -0.25) is 24.0 Å². The summed E-state index contributed by atoms with van der Waals surface area (Å²) in [5, 5.41) is -0.351. The number of ether oxygens (including phenoxy) is 5. The van der Waals surface area contributed by atoms with E-state index < -0.39 is 53.7 Å². The Morgan fingerprint density at radius 3 is 1.67 bits per heavy atom. The van der Waals surface area contributed by atoms with E-state index in [9.17, 15) is 24.0 Å². The van der Waals surface area contributed by atoms with Gasteiger partial charge in [-0.25, -0.2) is 0 Å². The molecule has 0 amide bonds. The van der Waals surface area contributed by atoms with Gasteiger partial charge in [0.15, 0.2) is 28.9 Å². The van der Waals surface area contributed by atoms with Crippen molar-refractivity contribution in [3.63, 3.8) is 0 Å². The standard InChI is InChI=1S/C16H22O10S/c1-7(17)22-6-12-13(23-8(2)18)14(24-9(3)19)15(25-10(4)20)16(26-12)27-11(5)21/h12-16H,6H2,1-5H3/t12-,13-,14-,15+,16-/m1/s1. The van der Waals surface area contributed by atoms with Crippen LogP contribution in [-0.4, -0.2) is 65.5 Å². The first-order chi connectivity index (χ1) is 12.5. The minimum atomic E-state index is -1.26. The van der Waals surface area contributed by atoms with E-state index in [0.717, 1.165) is 20.8 Å². The van der Waals surface area contributed by atoms with Crippen molar-refractivity contribution >= 4 is 40.8 Å². The van der Waals surface area contributed by atoms with Crippen molar-refractivity contribution in [2.45, 2.75) is 64.5 Å². The molecule has 0 aromatic carbocycles. The van der Waals surface area contributed by atoms with Crippen LogP contribution in [0.5, 0.6) is 0 Å². The zero-order valence-corrected chi connectivity index (χ0v) is 16.4. The maximum absolute atomic E-state index is 11.6. The van der Waals surface area contributed by atoms with Crippen molar-refractivity contribution in [3.05, 3.63) is 0 Å². The van der Waals surface area contributed by atoms with Crippen LogP contribution in [0.4, 0.5) is 0 Å². The van der Waals surface area contributed by atoms with E-state index in [-0.39, 0.29) is 11.7 Å². The molecule has 0 unspecified atom stereocenters. The van der Waals surface area contributed by atoms with Gasteiger partial charge in [0.1, 0.15) is 12.7 Å². The smallest absolute Gasteiger partial charge is 0.303 e. The molecule has 1 saturated heterocycles. The Balaban J connectivity index is 3.29. The second-order valence-corrected chi connectivity index (χ2v) is 6.95. The lowest BCUT2D eigenvalue weighted by Gasteiger charge is -2.43. The third-order valence-corrected chi connectivity index (χ3v) is 4.17. The summed E-state index contributed by atoms with van der Waals surface area (Å²) in [6.07, 6.45) is -4.76. The molecular weight excluding hydrogens is 384 g/mol. The van der Waals surface area contributed by atoms with Crippen molar-refractivity contribution in [1.82, 2.24) is 0 Å². The molecule has 0 aromatic heterocycles. The van der Waals surface area contributed by atoms with Crippen LogP contribution in [0.15, 0.2) is 0 Å². The summed E-state index contributed by atoms with van der Waals surface area (Å²) in [4.78, 5) is 57.3. The van der Waals surface area contributed by atoms with Crippen molar-refractivity contribution < 1.29 is 47.7 Å². The van der Waals surface area contributed by atoms with Crippen LogP contribution >= 0.6 is 11.8 Å². The van der Waals surface area contributed by atoms with Gasteiger partial charge in [-0.15, -0.1) is 0 Å². The van der Waals surface area contributed by atoms with Crippen LogP contribution in [-0.2, 0) is 47.7 Å². The zero-order chi connectivity index (χ0) is 20.7. The Kier molecular flexibility index (Phi) is 8.70. The van der Waals surface area contributed by atoms with Crippen LogP contribution in [0.2, 0.25) is 0 Å². The van der Waals surface area contributed by atoms with Crippen molar-refractivity contribution in [2.24, 2.45) is 0 Å². The topological polar surface area (TPSA) is 132 Å². The van der Waals surface area contributed by atoms with Gasteiger partial charge in [-0.2, -0.15) is 0 Å². The Hall–Kier alpha value is -2.14. The fraction of sp³-hybridized carbons (Fsp3) is 0.688. The minimum absolute atomic E-state index is 0.327. The molecule has 0 aliphatic carbocycles. The molecule has 27 heavy (non-hydrogen) atoms. The third kappa shape index (κ3) is 7.55. The van der Waals surface area contributed by atoms with Gasteiger partial charge in [0.2, 0.25) is 0 Å². The van der Waals surface area contributed by atoms with E-state index in [1.807, 2.05) is 0 Å². The first-order valence-corrected chi connectivity index (χ1v) is 8.87. The summed E-state index contributed by atoms with van der Waals surface area (Å²) in [5.74, 6) is -2.76. The van der Waals surface area contributed by atoms with E-state index in [1.54, 1.807) is 0 Å². The Bertz CT molecular complexity index is 604. The van der Waals surface area contributed by atoms with Crippen LogP contribution in [0.25, 0.3) is 0 Å². The molecule has 10 nitrogen and oxygen atoms in total. The predicted molar refractivity (Wildman–Crippen MR) is 90.2 cm³/mol. The summed E-state index contributed by atoms with van der Waals surface area (Å²) in [6, 6.07) is 0. The number of hydrogen-bond donors (Lipinski definition) is 0. The summed E-state index contributed by atoms with van der Waals surface area (Å²) in [5.41, 5.74) is -1.07. The monoisotopic (exact) mass is 406 g/mol. The second kappa shape index (κ2) is 10.3. The highest BCUT2D eigenvalue weighted by Crippen LogP contribution is 2.34. The van der Waals surface area contributed by atoms with E-state index in [0.29, 0.717) is 11.8 Å². The summed E-state index contributed by atoms with van der Waals surface area (Å²) in [6.45, 7) is 5.51. The molecule has 0 aromatic rings. The molecule has 1 aliphatic heterocycles. The summed E-state index contributed by atoms with van der Waals surface area (Å²) in [7, 11) is 0. The Labute approximate surface area is 160 Å². The Morgan fingerprint density at radius 1 is 0.741 bits per heavy atom. The lowest BCUT2D eigenvalue weighted by atomic mass is 9.99. The predicted octanol–water partition coefficient (Wildman–Crippen LogP) is 0.349. The number of rotatable bonds is 6. The minimum Gasteiger partial charge on any atom is -0.463 e. The molecule has 1 heterocycles. The van der Waals surface area contributed by atoms with Gasteiger partial charge in [0.05, 0.1) is 0 Å². The maximum atomic E-state index is 11.6. The molecule has 1 fully saturated rings. The lowest BCUT2D eigenvalue weighted by molar-refractivity contribution is -0.237. The molecule has 0 radical (unpaired) electrons. The van der Waals surface area contributed by atoms with Gasteiger partial charge in [-0.1, -0.05) is 11.8 Å². The average Bonchev–Trinajstić information content (AvgIpc) is 2.49. The van der Waals surface area contributed by atoms with Gasteiger partial charge in [0, 0.05) is 34.6 Å². The van der Waals surface area contributed by atoms with E-state index in [4.69, 9.17) is 23.7 Å². The first-order valence-electron chi connectivity index (χ1n) is 7.99. The number of carbonyl (C=O) groups excluding carboxylic acids is 5. The first kappa shape index (κ1) is 22.9. The van der Waals surface area contributed by atoms with Gasteiger partial charge < -0.3 is 23.7 Å². The highest BCUT2D eigenvalue weighted by atomic mass is 32.2. The molecule has 152 valence electrons. The van der Waals surface area contributed by atoms with Gasteiger partial charge in [0.25, 0.3) is 0 Å². The fourth-order valence-electron chi connectivity index (χ4n) is 2.45. The largest absolute Gasteiger partial charge is 0.463 e.